The zero-order chi connectivity index (χ0) is 14.4. The number of carbonyl (C=O) groups is 1. The van der Waals surface area contributed by atoms with E-state index in [4.69, 9.17) is 16.3 Å². The second-order valence-corrected chi connectivity index (χ2v) is 6.17. The van der Waals surface area contributed by atoms with Crippen molar-refractivity contribution in [3.05, 3.63) is 34.8 Å². The standard InChI is InChI=1S/C14H19ClN2O2/c1-9-8-11(15)16(5)10-6-7-17(12(9)10)13(18)19-14(2,3)4/h6-8,10H,1-5H3. The van der Waals surface area contributed by atoms with Crippen LogP contribution in [0.15, 0.2) is 34.8 Å². The van der Waals surface area contributed by atoms with E-state index in [9.17, 15) is 4.79 Å². The van der Waals surface area contributed by atoms with Gasteiger partial charge in [0.25, 0.3) is 0 Å². The molecule has 0 fully saturated rings. The number of amides is 1. The van der Waals surface area contributed by atoms with E-state index in [2.05, 4.69) is 0 Å². The molecule has 0 spiro atoms. The van der Waals surface area contributed by atoms with Crippen molar-refractivity contribution >= 4 is 17.7 Å². The number of halogens is 1. The summed E-state index contributed by atoms with van der Waals surface area (Å²) in [5.41, 5.74) is 1.37. The van der Waals surface area contributed by atoms with Crippen molar-refractivity contribution < 1.29 is 9.53 Å². The molecule has 1 unspecified atom stereocenters. The van der Waals surface area contributed by atoms with Gasteiger partial charge in [-0.3, -0.25) is 4.90 Å². The first-order valence-electron chi connectivity index (χ1n) is 6.22. The third kappa shape index (κ3) is 2.63. The van der Waals surface area contributed by atoms with Gasteiger partial charge < -0.3 is 9.64 Å². The molecule has 104 valence electrons. The topological polar surface area (TPSA) is 32.8 Å². The Kier molecular flexibility index (Phi) is 3.39. The number of nitrogens with zero attached hydrogens (tertiary/aromatic N) is 2. The maximum Gasteiger partial charge on any atom is 0.418 e. The van der Waals surface area contributed by atoms with Crippen molar-refractivity contribution in [1.82, 2.24) is 9.80 Å². The van der Waals surface area contributed by atoms with Crippen LogP contribution < -0.4 is 0 Å². The maximum atomic E-state index is 12.2. The summed E-state index contributed by atoms with van der Waals surface area (Å²) in [4.78, 5) is 15.7. The lowest BCUT2D eigenvalue weighted by molar-refractivity contribution is 0.0379. The molecule has 0 saturated heterocycles. The molecule has 2 aliphatic rings. The second-order valence-electron chi connectivity index (χ2n) is 5.78. The summed E-state index contributed by atoms with van der Waals surface area (Å²) >= 11 is 6.15. The first-order valence-corrected chi connectivity index (χ1v) is 6.60. The number of hydrogen-bond acceptors (Lipinski definition) is 3. The van der Waals surface area contributed by atoms with Crippen molar-refractivity contribution in [3.8, 4) is 0 Å². The molecule has 0 aromatic carbocycles. The van der Waals surface area contributed by atoms with Crippen LogP contribution in [0.3, 0.4) is 0 Å². The van der Waals surface area contributed by atoms with Gasteiger partial charge in [0.05, 0.1) is 11.7 Å². The summed E-state index contributed by atoms with van der Waals surface area (Å²) < 4.78 is 5.41. The first-order chi connectivity index (χ1) is 8.70. The predicted molar refractivity (Wildman–Crippen MR) is 75.4 cm³/mol. The van der Waals surface area contributed by atoms with Gasteiger partial charge in [-0.2, -0.15) is 0 Å². The van der Waals surface area contributed by atoms with Gasteiger partial charge in [-0.05, 0) is 45.4 Å². The Morgan fingerprint density at radius 3 is 2.63 bits per heavy atom. The Bertz CT molecular complexity index is 500. The Balaban J connectivity index is 2.29. The highest BCUT2D eigenvalue weighted by molar-refractivity contribution is 6.29. The molecule has 0 aliphatic carbocycles. The van der Waals surface area contributed by atoms with Crippen LogP contribution in [0, 0.1) is 0 Å². The number of rotatable bonds is 0. The van der Waals surface area contributed by atoms with E-state index in [0.717, 1.165) is 11.3 Å². The lowest BCUT2D eigenvalue weighted by Gasteiger charge is -2.33. The first kappa shape index (κ1) is 14.0. The van der Waals surface area contributed by atoms with Crippen LogP contribution in [0.5, 0.6) is 0 Å². The fourth-order valence-electron chi connectivity index (χ4n) is 2.17. The van der Waals surface area contributed by atoms with Gasteiger partial charge in [-0.1, -0.05) is 11.6 Å². The quantitative estimate of drug-likeness (QED) is 0.638. The molecule has 0 aromatic heterocycles. The number of fused-ring (bicyclic) bond motifs is 1. The third-order valence-corrected chi connectivity index (χ3v) is 3.42. The van der Waals surface area contributed by atoms with Gasteiger partial charge in [-0.25, -0.2) is 4.79 Å². The van der Waals surface area contributed by atoms with Gasteiger partial charge in [0.2, 0.25) is 0 Å². The average Bonchev–Trinajstić information content (AvgIpc) is 2.68. The number of ether oxygens (including phenoxy) is 1. The van der Waals surface area contributed by atoms with Crippen molar-refractivity contribution in [2.45, 2.75) is 39.3 Å². The minimum absolute atomic E-state index is 0.00924. The van der Waals surface area contributed by atoms with Crippen LogP contribution in [0.25, 0.3) is 0 Å². The molecule has 1 atom stereocenters. The van der Waals surface area contributed by atoms with E-state index in [0.29, 0.717) is 5.16 Å². The lowest BCUT2D eigenvalue weighted by atomic mass is 10.1. The number of carbonyl (C=O) groups excluding carboxylic acids is 1. The largest absolute Gasteiger partial charge is 0.443 e. The summed E-state index contributed by atoms with van der Waals surface area (Å²) in [6.07, 6.45) is 5.19. The van der Waals surface area contributed by atoms with Gasteiger partial charge in [0, 0.05) is 13.2 Å². The van der Waals surface area contributed by atoms with E-state index in [1.54, 1.807) is 11.1 Å². The van der Waals surface area contributed by atoms with E-state index in [-0.39, 0.29) is 12.1 Å². The molecule has 19 heavy (non-hydrogen) atoms. The minimum atomic E-state index is -0.508. The number of allylic oxidation sites excluding steroid dienone is 2. The Hall–Kier alpha value is -1.42. The van der Waals surface area contributed by atoms with Crippen LogP contribution in [0.4, 0.5) is 4.79 Å². The molecule has 2 aliphatic heterocycles. The molecule has 2 rings (SSSR count). The highest BCUT2D eigenvalue weighted by Gasteiger charge is 2.36. The van der Waals surface area contributed by atoms with E-state index < -0.39 is 5.60 Å². The second kappa shape index (κ2) is 4.60. The molecule has 0 aromatic rings. The maximum absolute atomic E-state index is 12.2. The van der Waals surface area contributed by atoms with Crippen LogP contribution in [0.2, 0.25) is 0 Å². The average molecular weight is 283 g/mol. The Morgan fingerprint density at radius 2 is 2.05 bits per heavy atom. The molecule has 5 heteroatoms. The van der Waals surface area contributed by atoms with E-state index in [1.165, 1.54) is 0 Å². The number of hydrogen-bond donors (Lipinski definition) is 0. The fraction of sp³-hybridized carbons (Fsp3) is 0.500. The van der Waals surface area contributed by atoms with Crippen molar-refractivity contribution in [2.75, 3.05) is 7.05 Å². The molecule has 0 saturated carbocycles. The summed E-state index contributed by atoms with van der Waals surface area (Å²) in [6, 6.07) is -0.00924. The lowest BCUT2D eigenvalue weighted by Crippen LogP contribution is -2.38. The predicted octanol–water partition coefficient (Wildman–Crippen LogP) is 3.42. The number of likely N-dealkylation sites (N-methyl/N-ethyl adjacent to an activating group) is 1. The van der Waals surface area contributed by atoms with E-state index in [1.807, 2.05) is 51.8 Å². The molecule has 0 N–H and O–H groups in total. The van der Waals surface area contributed by atoms with Crippen molar-refractivity contribution in [3.63, 3.8) is 0 Å². The van der Waals surface area contributed by atoms with Crippen LogP contribution in [-0.2, 0) is 4.74 Å². The molecule has 0 radical (unpaired) electrons. The Morgan fingerprint density at radius 1 is 1.42 bits per heavy atom. The van der Waals surface area contributed by atoms with Gasteiger partial charge in [0.15, 0.2) is 0 Å². The normalized spacial score (nSPS) is 22.6. The minimum Gasteiger partial charge on any atom is -0.443 e. The fourth-order valence-corrected chi connectivity index (χ4v) is 2.44. The Labute approximate surface area is 119 Å². The van der Waals surface area contributed by atoms with Gasteiger partial charge >= 0.3 is 6.09 Å². The third-order valence-electron chi connectivity index (χ3n) is 3.04. The monoisotopic (exact) mass is 282 g/mol. The smallest absolute Gasteiger partial charge is 0.418 e. The summed E-state index contributed by atoms with van der Waals surface area (Å²) in [5.74, 6) is 0. The summed E-state index contributed by atoms with van der Waals surface area (Å²) in [6.45, 7) is 7.51. The van der Waals surface area contributed by atoms with Gasteiger partial charge in [0.1, 0.15) is 10.8 Å². The molecule has 0 bridgehead atoms. The molecular formula is C14H19ClN2O2. The van der Waals surface area contributed by atoms with Crippen molar-refractivity contribution in [1.29, 1.82) is 0 Å². The van der Waals surface area contributed by atoms with Crippen LogP contribution in [-0.4, -0.2) is 34.6 Å². The highest BCUT2D eigenvalue weighted by Crippen LogP contribution is 2.35. The molecule has 2 heterocycles. The summed E-state index contributed by atoms with van der Waals surface area (Å²) in [5, 5.41) is 0.668. The highest BCUT2D eigenvalue weighted by atomic mass is 35.5. The van der Waals surface area contributed by atoms with Crippen LogP contribution >= 0.6 is 11.6 Å². The molecule has 4 nitrogen and oxygen atoms in total. The zero-order valence-electron chi connectivity index (χ0n) is 11.9. The van der Waals surface area contributed by atoms with Gasteiger partial charge in [-0.15, -0.1) is 0 Å². The molecular weight excluding hydrogens is 264 g/mol. The van der Waals surface area contributed by atoms with Crippen molar-refractivity contribution in [2.24, 2.45) is 0 Å². The summed E-state index contributed by atoms with van der Waals surface area (Å²) in [7, 11) is 1.90. The zero-order valence-corrected chi connectivity index (χ0v) is 12.7. The van der Waals surface area contributed by atoms with Crippen LogP contribution in [0.1, 0.15) is 27.7 Å². The SMILES string of the molecule is CC1=C2C(C=CN2C(=O)OC(C)(C)C)N(C)C(Cl)=C1. The molecule has 1 amide bonds. The van der Waals surface area contributed by atoms with E-state index >= 15 is 0 Å².